The van der Waals surface area contributed by atoms with E-state index < -0.39 is 11.9 Å². The molecule has 156 valence electrons. The second kappa shape index (κ2) is 9.37. The standard InChI is InChI=1S/C22H26ClNO5/c1-27-18-12-20(29-3)19(28-2)11-17(18)21(14-6-4-8-16(23)10-14)24-9-5-7-15(13-24)22(25)26/h4,6,8,10-12,15,21H,5,7,9,13H2,1-3H3,(H,25,26). The largest absolute Gasteiger partial charge is 0.496 e. The molecule has 1 heterocycles. The summed E-state index contributed by atoms with van der Waals surface area (Å²) >= 11 is 6.29. The number of ether oxygens (including phenoxy) is 3. The Morgan fingerprint density at radius 1 is 1.10 bits per heavy atom. The lowest BCUT2D eigenvalue weighted by Crippen LogP contribution is -2.41. The van der Waals surface area contributed by atoms with Crippen molar-refractivity contribution in [2.45, 2.75) is 18.9 Å². The Morgan fingerprint density at radius 2 is 1.79 bits per heavy atom. The van der Waals surface area contributed by atoms with Crippen LogP contribution in [0.25, 0.3) is 0 Å². The molecule has 0 bridgehead atoms. The van der Waals surface area contributed by atoms with Crippen molar-refractivity contribution in [1.29, 1.82) is 0 Å². The molecule has 0 aliphatic carbocycles. The third kappa shape index (κ3) is 4.60. The quantitative estimate of drug-likeness (QED) is 0.723. The highest BCUT2D eigenvalue weighted by Crippen LogP contribution is 2.43. The van der Waals surface area contributed by atoms with Crippen molar-refractivity contribution in [3.05, 3.63) is 52.5 Å². The zero-order valence-electron chi connectivity index (χ0n) is 16.9. The van der Waals surface area contributed by atoms with E-state index in [4.69, 9.17) is 25.8 Å². The fourth-order valence-corrected chi connectivity index (χ4v) is 4.17. The summed E-state index contributed by atoms with van der Waals surface area (Å²) < 4.78 is 16.6. The van der Waals surface area contributed by atoms with Crippen molar-refractivity contribution in [2.75, 3.05) is 34.4 Å². The molecular weight excluding hydrogens is 394 g/mol. The van der Waals surface area contributed by atoms with Gasteiger partial charge in [-0.15, -0.1) is 0 Å². The van der Waals surface area contributed by atoms with Crippen molar-refractivity contribution >= 4 is 17.6 Å². The van der Waals surface area contributed by atoms with Crippen molar-refractivity contribution < 1.29 is 24.1 Å². The minimum atomic E-state index is -0.765. The van der Waals surface area contributed by atoms with Gasteiger partial charge in [-0.1, -0.05) is 23.7 Å². The van der Waals surface area contributed by atoms with E-state index in [1.54, 1.807) is 27.4 Å². The van der Waals surface area contributed by atoms with Crippen LogP contribution in [0.3, 0.4) is 0 Å². The number of carboxylic acids is 1. The lowest BCUT2D eigenvalue weighted by Gasteiger charge is -2.38. The zero-order chi connectivity index (χ0) is 21.0. The van der Waals surface area contributed by atoms with Gasteiger partial charge in [-0.2, -0.15) is 0 Å². The Balaban J connectivity index is 2.14. The number of piperidine rings is 1. The van der Waals surface area contributed by atoms with Gasteiger partial charge in [0, 0.05) is 23.2 Å². The van der Waals surface area contributed by atoms with Crippen LogP contribution in [-0.4, -0.2) is 50.4 Å². The minimum absolute atomic E-state index is 0.231. The van der Waals surface area contributed by atoms with Crippen LogP contribution in [0.1, 0.15) is 30.0 Å². The van der Waals surface area contributed by atoms with Crippen LogP contribution in [0.2, 0.25) is 5.02 Å². The molecule has 29 heavy (non-hydrogen) atoms. The Labute approximate surface area is 175 Å². The van der Waals surface area contributed by atoms with Crippen LogP contribution in [0.5, 0.6) is 17.2 Å². The number of halogens is 1. The molecule has 2 atom stereocenters. The Kier molecular flexibility index (Phi) is 6.87. The number of likely N-dealkylation sites (tertiary alicyclic amines) is 1. The number of hydrogen-bond donors (Lipinski definition) is 1. The first-order chi connectivity index (χ1) is 14.0. The van der Waals surface area contributed by atoms with Gasteiger partial charge in [0.15, 0.2) is 11.5 Å². The second-order valence-electron chi connectivity index (χ2n) is 7.08. The molecule has 0 saturated carbocycles. The van der Waals surface area contributed by atoms with E-state index in [2.05, 4.69) is 4.90 Å². The molecule has 1 saturated heterocycles. The smallest absolute Gasteiger partial charge is 0.307 e. The number of methoxy groups -OCH3 is 3. The summed E-state index contributed by atoms with van der Waals surface area (Å²) in [6, 6.07) is 11.1. The summed E-state index contributed by atoms with van der Waals surface area (Å²) in [7, 11) is 4.77. The van der Waals surface area contributed by atoms with E-state index in [-0.39, 0.29) is 6.04 Å². The molecule has 1 aliphatic heterocycles. The van der Waals surface area contributed by atoms with Gasteiger partial charge < -0.3 is 19.3 Å². The molecule has 6 nitrogen and oxygen atoms in total. The summed E-state index contributed by atoms with van der Waals surface area (Å²) in [4.78, 5) is 13.8. The van der Waals surface area contributed by atoms with Crippen molar-refractivity contribution in [2.24, 2.45) is 5.92 Å². The molecule has 1 aliphatic rings. The van der Waals surface area contributed by atoms with E-state index in [1.165, 1.54) is 0 Å². The number of benzene rings is 2. The third-order valence-electron chi connectivity index (χ3n) is 5.36. The fourth-order valence-electron chi connectivity index (χ4n) is 3.97. The zero-order valence-corrected chi connectivity index (χ0v) is 17.6. The average Bonchev–Trinajstić information content (AvgIpc) is 2.73. The summed E-state index contributed by atoms with van der Waals surface area (Å²) in [5, 5.41) is 10.2. The first-order valence-electron chi connectivity index (χ1n) is 9.50. The topological polar surface area (TPSA) is 68.2 Å². The number of nitrogens with zero attached hydrogens (tertiary/aromatic N) is 1. The molecular formula is C22H26ClNO5. The van der Waals surface area contributed by atoms with Gasteiger partial charge >= 0.3 is 5.97 Å². The predicted molar refractivity (Wildman–Crippen MR) is 111 cm³/mol. The molecule has 0 spiro atoms. The molecule has 2 aromatic carbocycles. The van der Waals surface area contributed by atoms with Crippen LogP contribution < -0.4 is 14.2 Å². The molecule has 2 unspecified atom stereocenters. The van der Waals surface area contributed by atoms with Crippen LogP contribution in [0.15, 0.2) is 36.4 Å². The summed E-state index contributed by atoms with van der Waals surface area (Å²) in [5.74, 6) is 0.627. The maximum absolute atomic E-state index is 11.6. The third-order valence-corrected chi connectivity index (χ3v) is 5.60. The Morgan fingerprint density at radius 3 is 2.41 bits per heavy atom. The molecule has 0 amide bonds. The van der Waals surface area contributed by atoms with Crippen LogP contribution in [0.4, 0.5) is 0 Å². The first-order valence-corrected chi connectivity index (χ1v) is 9.88. The summed E-state index contributed by atoms with van der Waals surface area (Å²) in [6.07, 6.45) is 1.49. The van der Waals surface area contributed by atoms with E-state index in [9.17, 15) is 9.90 Å². The highest BCUT2D eigenvalue weighted by atomic mass is 35.5. The van der Waals surface area contributed by atoms with Crippen molar-refractivity contribution in [1.82, 2.24) is 4.90 Å². The van der Waals surface area contributed by atoms with Crippen molar-refractivity contribution in [3.8, 4) is 17.2 Å². The van der Waals surface area contributed by atoms with Crippen LogP contribution >= 0.6 is 11.6 Å². The van der Waals surface area contributed by atoms with Gasteiger partial charge in [0.1, 0.15) is 5.75 Å². The number of rotatable bonds is 7. The van der Waals surface area contributed by atoms with E-state index >= 15 is 0 Å². The minimum Gasteiger partial charge on any atom is -0.496 e. The predicted octanol–water partition coefficient (Wildman–Crippen LogP) is 4.25. The summed E-state index contributed by atoms with van der Waals surface area (Å²) in [5.41, 5.74) is 1.84. The molecule has 0 aromatic heterocycles. The van der Waals surface area contributed by atoms with Gasteiger partial charge in [0.05, 0.1) is 33.3 Å². The monoisotopic (exact) mass is 419 g/mol. The highest BCUT2D eigenvalue weighted by molar-refractivity contribution is 6.30. The number of aliphatic carboxylic acids is 1. The van der Waals surface area contributed by atoms with Crippen molar-refractivity contribution in [3.63, 3.8) is 0 Å². The first kappa shape index (κ1) is 21.3. The van der Waals surface area contributed by atoms with Gasteiger partial charge in [-0.25, -0.2) is 0 Å². The van der Waals surface area contributed by atoms with Crippen LogP contribution in [0, 0.1) is 5.92 Å². The molecule has 0 radical (unpaired) electrons. The molecule has 2 aromatic rings. The lowest BCUT2D eigenvalue weighted by atomic mass is 9.90. The van der Waals surface area contributed by atoms with E-state index in [1.807, 2.05) is 30.3 Å². The summed E-state index contributed by atoms with van der Waals surface area (Å²) in [6.45, 7) is 1.22. The Bertz CT molecular complexity index is 872. The maximum Gasteiger partial charge on any atom is 0.307 e. The SMILES string of the molecule is COc1cc(OC)c(C(c2cccc(Cl)c2)N2CCCC(C(=O)O)C2)cc1OC. The Hall–Kier alpha value is -2.44. The van der Waals surface area contributed by atoms with Gasteiger partial charge in [-0.05, 0) is 43.1 Å². The second-order valence-corrected chi connectivity index (χ2v) is 7.52. The van der Waals surface area contributed by atoms with E-state index in [0.29, 0.717) is 35.2 Å². The fraction of sp³-hybridized carbons (Fsp3) is 0.409. The molecule has 3 rings (SSSR count). The normalized spacial score (nSPS) is 18.1. The van der Waals surface area contributed by atoms with Gasteiger partial charge in [0.25, 0.3) is 0 Å². The molecule has 1 fully saturated rings. The average molecular weight is 420 g/mol. The maximum atomic E-state index is 11.6. The number of hydrogen-bond acceptors (Lipinski definition) is 5. The van der Waals surface area contributed by atoms with E-state index in [0.717, 1.165) is 24.1 Å². The van der Waals surface area contributed by atoms with Gasteiger partial charge in [-0.3, -0.25) is 9.69 Å². The molecule has 1 N–H and O–H groups in total. The van der Waals surface area contributed by atoms with Gasteiger partial charge in [0.2, 0.25) is 0 Å². The highest BCUT2D eigenvalue weighted by Gasteiger charge is 2.33. The molecule has 7 heteroatoms. The van der Waals surface area contributed by atoms with Crippen LogP contribution in [-0.2, 0) is 4.79 Å². The lowest BCUT2D eigenvalue weighted by molar-refractivity contribution is -0.143. The number of carboxylic acid groups (broad SMARTS) is 1. The number of carbonyl (C=O) groups is 1.